The lowest BCUT2D eigenvalue weighted by molar-refractivity contribution is 0.156. The van der Waals surface area contributed by atoms with Crippen molar-refractivity contribution in [2.24, 2.45) is 5.92 Å². The predicted molar refractivity (Wildman–Crippen MR) is 97.7 cm³/mol. The third-order valence-electron chi connectivity index (χ3n) is 3.70. The van der Waals surface area contributed by atoms with Crippen LogP contribution in [0.3, 0.4) is 0 Å². The maximum atomic E-state index is 4.62. The van der Waals surface area contributed by atoms with E-state index in [2.05, 4.69) is 57.1 Å². The van der Waals surface area contributed by atoms with Crippen LogP contribution in [0.25, 0.3) is 0 Å². The lowest BCUT2D eigenvalue weighted by Gasteiger charge is -2.35. The van der Waals surface area contributed by atoms with Crippen molar-refractivity contribution in [1.29, 1.82) is 0 Å². The maximum Gasteiger partial charge on any atom is 0.0576 e. The van der Waals surface area contributed by atoms with Crippen molar-refractivity contribution < 1.29 is 0 Å². The Morgan fingerprint density at radius 2 is 1.86 bits per heavy atom. The zero-order valence-electron chi connectivity index (χ0n) is 12.7. The summed E-state index contributed by atoms with van der Waals surface area (Å²) in [5.74, 6) is 0.751. The highest BCUT2D eigenvalue weighted by atomic mass is 79.9. The van der Waals surface area contributed by atoms with E-state index >= 15 is 0 Å². The molecule has 1 fully saturated rings. The Balaban J connectivity index is 0.00000200. The van der Waals surface area contributed by atoms with Gasteiger partial charge in [0.25, 0.3) is 0 Å². The lowest BCUT2D eigenvalue weighted by Crippen LogP contribution is -2.45. The van der Waals surface area contributed by atoms with Crippen molar-refractivity contribution in [2.75, 3.05) is 26.2 Å². The molecule has 1 atom stereocenters. The Bertz CT molecular complexity index is 381. The monoisotopic (exact) mass is 397 g/mol. The summed E-state index contributed by atoms with van der Waals surface area (Å²) < 4.78 is 1.05. The normalized spacial score (nSPS) is 17.0. The first kappa shape index (κ1) is 21.1. The summed E-state index contributed by atoms with van der Waals surface area (Å²) in [6, 6.07) is 4.74. The van der Waals surface area contributed by atoms with Crippen LogP contribution in [-0.4, -0.2) is 36.1 Å². The molecule has 1 N–H and O–H groups in total. The molecule has 2 rings (SSSR count). The summed E-state index contributed by atoms with van der Waals surface area (Å²) in [6.45, 7) is 9.03. The highest BCUT2D eigenvalue weighted by Gasteiger charge is 2.23. The van der Waals surface area contributed by atoms with Crippen molar-refractivity contribution in [3.63, 3.8) is 0 Å². The fourth-order valence-electron chi connectivity index (χ4n) is 2.59. The Morgan fingerprint density at radius 3 is 2.38 bits per heavy atom. The molecule has 1 aromatic heterocycles. The molecule has 122 valence electrons. The molecule has 0 aromatic carbocycles. The fourth-order valence-corrected chi connectivity index (χ4v) is 2.82. The standard InChI is InChI=1S/C15H24BrN3.2ClH/c1-12(2)3-6-15(19-9-7-17-8-10-19)14-5-4-13(16)11-18-14;;/h4-5,11-12,15,17H,3,6-10H2,1-2H3;2*1H/t15-;;/m0../s1. The second kappa shape index (κ2) is 10.8. The molecule has 0 saturated carbocycles. The van der Waals surface area contributed by atoms with Gasteiger partial charge in [-0.2, -0.15) is 0 Å². The number of hydrogen-bond donors (Lipinski definition) is 1. The first-order chi connectivity index (χ1) is 9.16. The van der Waals surface area contributed by atoms with E-state index in [1.54, 1.807) is 0 Å². The van der Waals surface area contributed by atoms with E-state index in [9.17, 15) is 0 Å². The van der Waals surface area contributed by atoms with Crippen molar-refractivity contribution in [1.82, 2.24) is 15.2 Å². The second-order valence-electron chi connectivity index (χ2n) is 5.67. The lowest BCUT2D eigenvalue weighted by atomic mass is 9.99. The van der Waals surface area contributed by atoms with Crippen molar-refractivity contribution >= 4 is 40.7 Å². The predicted octanol–water partition coefficient (Wildman–Crippen LogP) is 4.07. The van der Waals surface area contributed by atoms with Gasteiger partial charge in [0.05, 0.1) is 11.7 Å². The molecule has 1 aliphatic heterocycles. The summed E-state index contributed by atoms with van der Waals surface area (Å²) in [5.41, 5.74) is 1.21. The summed E-state index contributed by atoms with van der Waals surface area (Å²) in [5, 5.41) is 3.43. The van der Waals surface area contributed by atoms with Crippen LogP contribution in [-0.2, 0) is 0 Å². The quantitative estimate of drug-likeness (QED) is 0.810. The van der Waals surface area contributed by atoms with E-state index in [-0.39, 0.29) is 24.8 Å². The topological polar surface area (TPSA) is 28.2 Å². The molecule has 0 unspecified atom stereocenters. The minimum absolute atomic E-state index is 0. The SMILES string of the molecule is CC(C)CC[C@@H](c1ccc(Br)cn1)N1CCNCC1.Cl.Cl. The zero-order valence-corrected chi connectivity index (χ0v) is 15.9. The molecular formula is C15H26BrCl2N3. The van der Waals surface area contributed by atoms with E-state index in [0.717, 1.165) is 36.6 Å². The minimum Gasteiger partial charge on any atom is -0.314 e. The molecule has 1 aromatic rings. The Morgan fingerprint density at radius 1 is 1.19 bits per heavy atom. The number of aromatic nitrogens is 1. The van der Waals surface area contributed by atoms with Gasteiger partial charge in [0, 0.05) is 36.8 Å². The minimum atomic E-state index is 0. The number of hydrogen-bond acceptors (Lipinski definition) is 3. The van der Waals surface area contributed by atoms with Gasteiger partial charge in [0.15, 0.2) is 0 Å². The summed E-state index contributed by atoms with van der Waals surface area (Å²) >= 11 is 3.47. The summed E-state index contributed by atoms with van der Waals surface area (Å²) in [4.78, 5) is 7.20. The third-order valence-corrected chi connectivity index (χ3v) is 4.17. The van der Waals surface area contributed by atoms with Crippen molar-refractivity contribution in [2.45, 2.75) is 32.7 Å². The van der Waals surface area contributed by atoms with Gasteiger partial charge in [0.2, 0.25) is 0 Å². The van der Waals surface area contributed by atoms with E-state index < -0.39 is 0 Å². The summed E-state index contributed by atoms with van der Waals surface area (Å²) in [7, 11) is 0. The molecule has 1 saturated heterocycles. The largest absolute Gasteiger partial charge is 0.314 e. The molecule has 6 heteroatoms. The Kier molecular flexibility index (Phi) is 10.9. The average Bonchev–Trinajstić information content (AvgIpc) is 2.42. The molecule has 0 spiro atoms. The number of pyridine rings is 1. The van der Waals surface area contributed by atoms with Crippen LogP contribution in [0.15, 0.2) is 22.8 Å². The molecule has 21 heavy (non-hydrogen) atoms. The van der Waals surface area contributed by atoms with Crippen LogP contribution >= 0.6 is 40.7 Å². The van der Waals surface area contributed by atoms with Gasteiger partial charge in [0.1, 0.15) is 0 Å². The molecule has 2 heterocycles. The molecule has 3 nitrogen and oxygen atoms in total. The van der Waals surface area contributed by atoms with Crippen LogP contribution in [0.2, 0.25) is 0 Å². The van der Waals surface area contributed by atoms with Crippen molar-refractivity contribution in [3.05, 3.63) is 28.5 Å². The number of rotatable bonds is 5. The maximum absolute atomic E-state index is 4.62. The molecule has 0 bridgehead atoms. The van der Waals surface area contributed by atoms with E-state index in [1.165, 1.54) is 18.5 Å². The van der Waals surface area contributed by atoms with Gasteiger partial charge in [-0.25, -0.2) is 0 Å². The summed E-state index contributed by atoms with van der Waals surface area (Å²) in [6.07, 6.45) is 4.37. The van der Waals surface area contributed by atoms with Crippen LogP contribution in [0.1, 0.15) is 38.4 Å². The van der Waals surface area contributed by atoms with E-state index in [0.29, 0.717) is 6.04 Å². The van der Waals surface area contributed by atoms with Crippen LogP contribution < -0.4 is 5.32 Å². The Labute approximate surface area is 149 Å². The molecule has 0 radical (unpaired) electrons. The zero-order chi connectivity index (χ0) is 13.7. The number of piperazine rings is 1. The van der Waals surface area contributed by atoms with Gasteiger partial charge in [-0.3, -0.25) is 9.88 Å². The average molecular weight is 399 g/mol. The third kappa shape index (κ3) is 6.83. The number of nitrogens with zero attached hydrogens (tertiary/aromatic N) is 2. The molecular weight excluding hydrogens is 373 g/mol. The van der Waals surface area contributed by atoms with Gasteiger partial charge < -0.3 is 5.32 Å². The second-order valence-corrected chi connectivity index (χ2v) is 6.59. The van der Waals surface area contributed by atoms with Crippen molar-refractivity contribution in [3.8, 4) is 0 Å². The van der Waals surface area contributed by atoms with Crippen LogP contribution in [0, 0.1) is 5.92 Å². The van der Waals surface area contributed by atoms with Gasteiger partial charge in [-0.15, -0.1) is 24.8 Å². The van der Waals surface area contributed by atoms with Gasteiger partial charge in [-0.1, -0.05) is 13.8 Å². The first-order valence-electron chi connectivity index (χ1n) is 7.23. The number of halogens is 3. The highest BCUT2D eigenvalue weighted by molar-refractivity contribution is 9.10. The Hall–Kier alpha value is 0.130. The van der Waals surface area contributed by atoms with Crippen LogP contribution in [0.4, 0.5) is 0 Å². The van der Waals surface area contributed by atoms with E-state index in [4.69, 9.17) is 0 Å². The molecule has 1 aliphatic rings. The number of nitrogens with one attached hydrogen (secondary N) is 1. The van der Waals surface area contributed by atoms with E-state index in [1.807, 2.05) is 6.20 Å². The molecule has 0 aliphatic carbocycles. The molecule has 0 amide bonds. The van der Waals surface area contributed by atoms with Crippen LogP contribution in [0.5, 0.6) is 0 Å². The van der Waals surface area contributed by atoms with Gasteiger partial charge >= 0.3 is 0 Å². The van der Waals surface area contributed by atoms with Gasteiger partial charge in [-0.05, 0) is 46.8 Å². The fraction of sp³-hybridized carbons (Fsp3) is 0.667. The first-order valence-corrected chi connectivity index (χ1v) is 8.02. The smallest absolute Gasteiger partial charge is 0.0576 e. The highest BCUT2D eigenvalue weighted by Crippen LogP contribution is 2.27.